The monoisotopic (exact) mass is 423 g/mol. The van der Waals surface area contributed by atoms with E-state index >= 15 is 0 Å². The van der Waals surface area contributed by atoms with Gasteiger partial charge in [-0.25, -0.2) is 18.6 Å². The Hall–Kier alpha value is -4.11. The molecule has 0 saturated heterocycles. The van der Waals surface area contributed by atoms with Crippen molar-refractivity contribution < 1.29 is 18.6 Å². The molecule has 0 unspecified atom stereocenters. The Bertz CT molecular complexity index is 1110. The van der Waals surface area contributed by atoms with Gasteiger partial charge in [0.05, 0.1) is 18.6 Å². The summed E-state index contributed by atoms with van der Waals surface area (Å²) in [7, 11) is 0. The third kappa shape index (κ3) is 7.67. The fraction of sp³-hybridized carbons (Fsp3) is 0. The van der Waals surface area contributed by atoms with E-state index < -0.39 is 0 Å². The summed E-state index contributed by atoms with van der Waals surface area (Å²) in [5.74, 6) is -0.883. The van der Waals surface area contributed by atoms with E-state index in [-0.39, 0.29) is 23.4 Å². The normalized spacial score (nSPS) is 12.3. The van der Waals surface area contributed by atoms with Gasteiger partial charge in [-0.1, -0.05) is 46.6 Å². The van der Waals surface area contributed by atoms with E-state index in [2.05, 4.69) is 25.8 Å². The van der Waals surface area contributed by atoms with Gasteiger partial charge in [0.15, 0.2) is 0 Å². The predicted octanol–water partition coefficient (Wildman–Crippen LogP) is 3.02. The van der Waals surface area contributed by atoms with Crippen LogP contribution in [0.4, 0.5) is 13.2 Å². The predicted molar refractivity (Wildman–Crippen MR) is 114 cm³/mol. The second-order valence-electron chi connectivity index (χ2n) is 6.17. The summed E-state index contributed by atoms with van der Waals surface area (Å²) in [6.45, 7) is 0. The van der Waals surface area contributed by atoms with Crippen LogP contribution in [0.15, 0.2) is 93.2 Å². The van der Waals surface area contributed by atoms with Crippen LogP contribution in [0.25, 0.3) is 0 Å². The van der Waals surface area contributed by atoms with Gasteiger partial charge in [-0.05, 0) is 53.1 Å². The van der Waals surface area contributed by atoms with Crippen molar-refractivity contribution in [3.05, 3.63) is 107 Å². The van der Waals surface area contributed by atoms with Crippen LogP contribution in [0.1, 0.15) is 16.7 Å². The molecule has 0 radical (unpaired) electrons. The smallest absolute Gasteiger partial charge is 0.211 e. The fourth-order valence-corrected chi connectivity index (χ4v) is 2.29. The van der Waals surface area contributed by atoms with Crippen molar-refractivity contribution in [2.75, 3.05) is 0 Å². The molecule has 3 rings (SSSR count). The van der Waals surface area contributed by atoms with Gasteiger partial charge in [-0.3, -0.25) is 0 Å². The number of quaternary nitrogens is 1. The Morgan fingerprint density at radius 3 is 2.00 bits per heavy atom. The van der Waals surface area contributed by atoms with Crippen LogP contribution in [0.2, 0.25) is 0 Å². The van der Waals surface area contributed by atoms with E-state index in [1.807, 2.05) is 0 Å². The number of halogens is 3. The van der Waals surface area contributed by atoms with Crippen LogP contribution in [-0.4, -0.2) is 24.6 Å². The molecular weight excluding hydrogens is 405 g/mol. The fourth-order valence-electron chi connectivity index (χ4n) is 2.29. The first kappa shape index (κ1) is 21.6. The Morgan fingerprint density at radius 2 is 1.35 bits per heavy atom. The van der Waals surface area contributed by atoms with Crippen molar-refractivity contribution in [2.24, 2.45) is 20.4 Å². The Balaban J connectivity index is 1.70. The number of guanidine groups is 1. The minimum absolute atomic E-state index is 0.185. The summed E-state index contributed by atoms with van der Waals surface area (Å²) in [6.07, 6.45) is 4.37. The van der Waals surface area contributed by atoms with E-state index in [1.54, 1.807) is 36.4 Å². The molecular formula is C22H18F3N6+. The average Bonchev–Trinajstić information content (AvgIpc) is 2.76. The Morgan fingerprint density at radius 1 is 0.710 bits per heavy atom. The molecule has 0 aliphatic heterocycles. The van der Waals surface area contributed by atoms with E-state index in [4.69, 9.17) is 0 Å². The quantitative estimate of drug-likeness (QED) is 0.272. The van der Waals surface area contributed by atoms with Crippen LogP contribution in [0.5, 0.6) is 0 Å². The third-order valence-corrected chi connectivity index (χ3v) is 3.77. The molecule has 0 aliphatic carbocycles. The maximum absolute atomic E-state index is 13.3. The molecule has 3 aromatic rings. The molecule has 0 heterocycles. The summed E-state index contributed by atoms with van der Waals surface area (Å²) >= 11 is 0. The molecule has 0 bridgehead atoms. The molecule has 0 spiro atoms. The van der Waals surface area contributed by atoms with Crippen LogP contribution in [0, 0.1) is 17.5 Å². The maximum Gasteiger partial charge on any atom is 0.365 e. The molecule has 3 aromatic carbocycles. The number of nitrogens with two attached hydrogens (primary N) is 1. The van der Waals surface area contributed by atoms with Gasteiger partial charge in [-0.15, -0.1) is 0 Å². The van der Waals surface area contributed by atoms with E-state index in [9.17, 15) is 13.2 Å². The largest absolute Gasteiger partial charge is 0.365 e. The second kappa shape index (κ2) is 11.2. The lowest BCUT2D eigenvalue weighted by atomic mass is 10.2. The summed E-state index contributed by atoms with van der Waals surface area (Å²) in [6, 6.07) is 17.4. The number of rotatable bonds is 6. The Labute approximate surface area is 176 Å². The standard InChI is InChI=1S/C22H17F3N6/c23-19-8-4-16(5-9-19)13-26-29-22(30-27-14-17-6-10-20(24)11-7-17)31-28-15-18-2-1-3-21(25)12-18/h1-15H,(H2,29,30,31)/p+1. The summed E-state index contributed by atoms with van der Waals surface area (Å²) in [5.41, 5.74) is 5.94. The number of hydrogen-bond acceptors (Lipinski definition) is 4. The summed E-state index contributed by atoms with van der Waals surface area (Å²) in [5, 5.41) is 16.1. The number of nitrogens with zero attached hydrogens (tertiary/aromatic N) is 4. The number of nitrogens with one attached hydrogen (secondary N) is 1. The van der Waals surface area contributed by atoms with Crippen molar-refractivity contribution >= 4 is 24.6 Å². The molecule has 0 atom stereocenters. The van der Waals surface area contributed by atoms with E-state index in [0.29, 0.717) is 16.7 Å². The topological polar surface area (TPSA) is 78.1 Å². The molecule has 0 aliphatic rings. The highest BCUT2D eigenvalue weighted by Gasteiger charge is 2.01. The highest BCUT2D eigenvalue weighted by Crippen LogP contribution is 2.01. The molecule has 9 heteroatoms. The van der Waals surface area contributed by atoms with Gasteiger partial charge in [0, 0.05) is 0 Å². The molecule has 0 amide bonds. The number of benzene rings is 3. The first-order chi connectivity index (χ1) is 15.1. The molecule has 156 valence electrons. The highest BCUT2D eigenvalue weighted by molar-refractivity contribution is 5.83. The summed E-state index contributed by atoms with van der Waals surface area (Å²) in [4.78, 5) is 0. The lowest BCUT2D eigenvalue weighted by Gasteiger charge is -1.98. The number of hydrogen-bond donors (Lipinski definition) is 2. The van der Waals surface area contributed by atoms with Crippen molar-refractivity contribution in [3.63, 3.8) is 0 Å². The van der Waals surface area contributed by atoms with Gasteiger partial charge in [0.25, 0.3) is 0 Å². The van der Waals surface area contributed by atoms with Crippen LogP contribution in [0.3, 0.4) is 0 Å². The van der Waals surface area contributed by atoms with E-state index in [0.717, 1.165) is 0 Å². The van der Waals surface area contributed by atoms with Crippen molar-refractivity contribution in [2.45, 2.75) is 0 Å². The van der Waals surface area contributed by atoms with Crippen LogP contribution < -0.4 is 10.9 Å². The van der Waals surface area contributed by atoms with E-state index in [1.165, 1.54) is 60.5 Å². The molecule has 31 heavy (non-hydrogen) atoms. The maximum atomic E-state index is 13.3. The molecule has 3 N–H and O–H groups in total. The molecule has 0 saturated carbocycles. The zero-order valence-electron chi connectivity index (χ0n) is 16.2. The van der Waals surface area contributed by atoms with Crippen LogP contribution >= 0.6 is 0 Å². The minimum Gasteiger partial charge on any atom is -0.211 e. The second-order valence-corrected chi connectivity index (χ2v) is 6.17. The van der Waals surface area contributed by atoms with Crippen molar-refractivity contribution in [3.8, 4) is 0 Å². The van der Waals surface area contributed by atoms with Crippen molar-refractivity contribution in [1.82, 2.24) is 5.43 Å². The average molecular weight is 423 g/mol. The van der Waals surface area contributed by atoms with Gasteiger partial charge in [0.1, 0.15) is 17.5 Å². The first-order valence-corrected chi connectivity index (χ1v) is 9.12. The number of hydrazone groups is 1. The first-order valence-electron chi connectivity index (χ1n) is 9.12. The Kier molecular flexibility index (Phi) is 7.78. The zero-order chi connectivity index (χ0) is 21.9. The molecule has 6 nitrogen and oxygen atoms in total. The van der Waals surface area contributed by atoms with Gasteiger partial charge in [0.2, 0.25) is 0 Å². The molecule has 0 fully saturated rings. The zero-order valence-corrected chi connectivity index (χ0v) is 16.2. The minimum atomic E-state index is -0.378. The SMILES string of the molecule is Fc1ccc(C=NN=C(NN=Cc2cccc(F)c2)[NH2+]N=Cc2ccc(F)cc2)cc1. The molecule has 0 aromatic heterocycles. The van der Waals surface area contributed by atoms with Gasteiger partial charge in [-0.2, -0.15) is 15.6 Å². The van der Waals surface area contributed by atoms with Gasteiger partial charge >= 0.3 is 5.96 Å². The highest BCUT2D eigenvalue weighted by atomic mass is 19.1. The van der Waals surface area contributed by atoms with Crippen molar-refractivity contribution in [1.29, 1.82) is 0 Å². The van der Waals surface area contributed by atoms with Crippen LogP contribution in [-0.2, 0) is 0 Å². The summed E-state index contributed by atoms with van der Waals surface area (Å²) < 4.78 is 39.2. The lowest BCUT2D eigenvalue weighted by molar-refractivity contribution is -0.549. The lowest BCUT2D eigenvalue weighted by Crippen LogP contribution is -2.85. The third-order valence-electron chi connectivity index (χ3n) is 3.77. The van der Waals surface area contributed by atoms with Gasteiger partial charge < -0.3 is 0 Å².